The third kappa shape index (κ3) is 7.57. The van der Waals surface area contributed by atoms with Crippen molar-refractivity contribution in [2.24, 2.45) is 5.73 Å². The van der Waals surface area contributed by atoms with Gasteiger partial charge in [0.05, 0.1) is 42.8 Å². The number of aromatic carboxylic acids is 1. The van der Waals surface area contributed by atoms with Crippen LogP contribution in [-0.2, 0) is 38.9 Å². The predicted octanol–water partition coefficient (Wildman–Crippen LogP) is 4.29. The summed E-state index contributed by atoms with van der Waals surface area (Å²) >= 11 is 0. The van der Waals surface area contributed by atoms with Gasteiger partial charge < -0.3 is 48.5 Å². The van der Waals surface area contributed by atoms with E-state index >= 15 is 0 Å². The van der Waals surface area contributed by atoms with E-state index < -0.39 is 5.97 Å². The normalized spacial score (nSPS) is 13.2. The van der Waals surface area contributed by atoms with Crippen molar-refractivity contribution in [3.63, 3.8) is 0 Å². The van der Waals surface area contributed by atoms with E-state index in [2.05, 4.69) is 55.1 Å². The van der Waals surface area contributed by atoms with Crippen LogP contribution in [0.4, 0.5) is 11.6 Å². The molecule has 0 atom stereocenters. The number of anilines is 2. The molecule has 0 saturated carbocycles. The van der Waals surface area contributed by atoms with Crippen molar-refractivity contribution in [1.29, 1.82) is 0 Å². The monoisotopic (exact) mass is 763 g/mol. The highest BCUT2D eigenvalue weighted by Crippen LogP contribution is 2.31. The standard InChI is InChI=1S/C18H16N6O3.C13H11N5O3.C4H6N2O.CH4/c25-13(1-2-15-19-6-8-26-15)16-12-9-24(7-4-14(12)27-23-16)18-11-3-5-20-17(11)21-10-22-18;19-13(20)10-8-5-18(4-2-9(8)21-17-10)12-7-1-3-14-11(7)15-6-16-12;5-3-4-6-1-2-7-4;/h3,5-6,8,10H,1-2,4,7,9H2,(H,20,21,22);1,3,6H,2,4-5H2,(H,19,20)(H,14,15,16);1-2H,3,5H2;1H4. The van der Waals surface area contributed by atoms with E-state index in [1.165, 1.54) is 18.9 Å². The highest BCUT2D eigenvalue weighted by atomic mass is 16.5. The summed E-state index contributed by atoms with van der Waals surface area (Å²) in [6.07, 6.45) is 14.8. The molecule has 0 bridgehead atoms. The van der Waals surface area contributed by atoms with E-state index in [9.17, 15) is 9.59 Å². The number of carbonyl (C=O) groups excluding carboxylic acids is 1. The fourth-order valence-corrected chi connectivity index (χ4v) is 6.46. The number of hydrogen-bond donors (Lipinski definition) is 4. The Morgan fingerprint density at radius 2 is 1.29 bits per heavy atom. The molecule has 0 amide bonds. The van der Waals surface area contributed by atoms with Gasteiger partial charge in [0.15, 0.2) is 23.1 Å². The van der Waals surface area contributed by atoms with E-state index in [1.54, 1.807) is 24.9 Å². The Hall–Kier alpha value is -7.22. The van der Waals surface area contributed by atoms with Gasteiger partial charge in [0.1, 0.15) is 59.6 Å². The number of aromatic amines is 2. The second-order valence-corrected chi connectivity index (χ2v) is 12.4. The lowest BCUT2D eigenvalue weighted by molar-refractivity contribution is 0.0684. The Kier molecular flexibility index (Phi) is 10.9. The van der Waals surface area contributed by atoms with Gasteiger partial charge in [-0.05, 0) is 12.1 Å². The first-order valence-corrected chi connectivity index (χ1v) is 17.2. The van der Waals surface area contributed by atoms with Crippen LogP contribution in [0.25, 0.3) is 22.1 Å². The van der Waals surface area contributed by atoms with Crippen LogP contribution in [0.3, 0.4) is 0 Å². The Morgan fingerprint density at radius 1 is 0.750 bits per heavy atom. The number of H-pyrrole nitrogens is 2. The molecular weight excluding hydrogens is 726 g/mol. The van der Waals surface area contributed by atoms with Crippen LogP contribution in [0.5, 0.6) is 0 Å². The number of fused-ring (bicyclic) bond motifs is 4. The van der Waals surface area contributed by atoms with Crippen molar-refractivity contribution >= 4 is 45.5 Å². The molecule has 0 fully saturated rings. The molecule has 0 spiro atoms. The van der Waals surface area contributed by atoms with Crippen molar-refractivity contribution in [2.45, 2.75) is 52.7 Å². The fraction of sp³-hybridized carbons (Fsp3) is 0.278. The third-order valence-electron chi connectivity index (χ3n) is 9.09. The summed E-state index contributed by atoms with van der Waals surface area (Å²) in [5, 5.41) is 18.7. The highest BCUT2D eigenvalue weighted by Gasteiger charge is 2.30. The summed E-state index contributed by atoms with van der Waals surface area (Å²) in [4.78, 5) is 59.1. The predicted molar refractivity (Wildman–Crippen MR) is 198 cm³/mol. The molecule has 288 valence electrons. The van der Waals surface area contributed by atoms with Gasteiger partial charge in [0.2, 0.25) is 5.89 Å². The van der Waals surface area contributed by atoms with E-state index in [0.717, 1.165) is 51.6 Å². The minimum Gasteiger partial charge on any atom is -0.476 e. The zero-order valence-electron chi connectivity index (χ0n) is 29.1. The van der Waals surface area contributed by atoms with Gasteiger partial charge in [-0.3, -0.25) is 4.79 Å². The first-order valence-electron chi connectivity index (χ1n) is 17.2. The fourth-order valence-electron chi connectivity index (χ4n) is 6.46. The summed E-state index contributed by atoms with van der Waals surface area (Å²) in [5.41, 5.74) is 8.51. The Morgan fingerprint density at radius 3 is 1.79 bits per heavy atom. The molecular formula is C36H37N13O7. The number of nitrogens with two attached hydrogens (primary N) is 1. The number of carboxylic acid groups (broad SMARTS) is 1. The van der Waals surface area contributed by atoms with Crippen molar-refractivity contribution in [3.05, 3.63) is 108 Å². The molecule has 10 rings (SSSR count). The Balaban J connectivity index is 0.000000147. The van der Waals surface area contributed by atoms with Crippen LogP contribution in [0.1, 0.15) is 69.3 Å². The molecule has 2 aliphatic rings. The lowest BCUT2D eigenvalue weighted by Crippen LogP contribution is -2.31. The van der Waals surface area contributed by atoms with E-state index in [1.807, 2.05) is 23.2 Å². The second-order valence-electron chi connectivity index (χ2n) is 12.4. The lowest BCUT2D eigenvalue weighted by Gasteiger charge is -2.27. The molecule has 8 aromatic rings. The summed E-state index contributed by atoms with van der Waals surface area (Å²) in [5.74, 6) is 3.01. The Labute approximate surface area is 317 Å². The van der Waals surface area contributed by atoms with E-state index in [4.69, 9.17) is 28.7 Å². The van der Waals surface area contributed by atoms with Crippen LogP contribution < -0.4 is 15.5 Å². The van der Waals surface area contributed by atoms with Gasteiger partial charge >= 0.3 is 5.97 Å². The summed E-state index contributed by atoms with van der Waals surface area (Å²) in [6, 6.07) is 3.86. The topological polar surface area (TPSA) is 274 Å². The molecule has 0 saturated heterocycles. The SMILES string of the molecule is C.NCc1ncco1.O=C(CCc1ncco1)c1noc2c1CN(c1ncnc3[nH]ccc13)CC2.O=C(O)c1noc2c1CN(c1ncnc3[nH]ccc13)CC2. The van der Waals surface area contributed by atoms with E-state index in [0.29, 0.717) is 74.2 Å². The van der Waals surface area contributed by atoms with Gasteiger partial charge in [-0.2, -0.15) is 0 Å². The number of Topliss-reactive ketones (excluding diaryl/α,β-unsaturated/α-hetero) is 1. The number of hydrogen-bond acceptors (Lipinski definition) is 17. The minimum absolute atomic E-state index is 0. The summed E-state index contributed by atoms with van der Waals surface area (Å²) in [7, 11) is 0. The van der Waals surface area contributed by atoms with Gasteiger partial charge in [0, 0.05) is 62.3 Å². The van der Waals surface area contributed by atoms with Crippen LogP contribution in [-0.4, -0.2) is 80.1 Å². The molecule has 0 radical (unpaired) electrons. The number of carbonyl (C=O) groups is 2. The van der Waals surface area contributed by atoms with Crippen molar-refractivity contribution in [2.75, 3.05) is 22.9 Å². The van der Waals surface area contributed by atoms with Crippen LogP contribution >= 0.6 is 0 Å². The molecule has 56 heavy (non-hydrogen) atoms. The molecule has 0 aromatic carbocycles. The van der Waals surface area contributed by atoms with Gasteiger partial charge in [-0.15, -0.1) is 0 Å². The number of nitrogens with one attached hydrogen (secondary N) is 2. The number of carboxylic acids is 1. The first kappa shape index (κ1) is 37.1. The van der Waals surface area contributed by atoms with Crippen LogP contribution in [0.2, 0.25) is 0 Å². The molecule has 10 heterocycles. The summed E-state index contributed by atoms with van der Waals surface area (Å²) in [6.45, 7) is 2.75. The number of rotatable bonds is 8. The molecule has 20 heteroatoms. The quantitative estimate of drug-likeness (QED) is 0.157. The highest BCUT2D eigenvalue weighted by molar-refractivity contribution is 5.96. The number of aromatic nitrogens is 10. The average Bonchev–Trinajstić information content (AvgIpc) is 4.07. The maximum atomic E-state index is 12.6. The maximum absolute atomic E-state index is 12.6. The number of aryl methyl sites for hydroxylation is 1. The lowest BCUT2D eigenvalue weighted by atomic mass is 10.0. The first-order chi connectivity index (χ1) is 27.0. The Bertz CT molecular complexity index is 2540. The molecule has 0 unspecified atom stereocenters. The van der Waals surface area contributed by atoms with Gasteiger partial charge in [-0.25, -0.2) is 34.7 Å². The summed E-state index contributed by atoms with van der Waals surface area (Å²) < 4.78 is 20.5. The number of nitrogens with zero attached hydrogens (tertiary/aromatic N) is 10. The van der Waals surface area contributed by atoms with Crippen LogP contribution in [0, 0.1) is 0 Å². The number of ketones is 1. The zero-order valence-corrected chi connectivity index (χ0v) is 29.1. The smallest absolute Gasteiger partial charge is 0.358 e. The molecule has 5 N–H and O–H groups in total. The van der Waals surface area contributed by atoms with E-state index in [-0.39, 0.29) is 25.3 Å². The van der Waals surface area contributed by atoms with Crippen molar-refractivity contribution in [3.8, 4) is 0 Å². The molecule has 0 aliphatic carbocycles. The second kappa shape index (κ2) is 16.4. The van der Waals surface area contributed by atoms with Gasteiger partial charge in [-0.1, -0.05) is 17.7 Å². The van der Waals surface area contributed by atoms with Gasteiger partial charge in [0.25, 0.3) is 0 Å². The molecule has 2 aliphatic heterocycles. The van der Waals surface area contributed by atoms with Crippen molar-refractivity contribution < 1.29 is 32.6 Å². The average molecular weight is 764 g/mol. The molecule has 8 aromatic heterocycles. The number of oxazole rings is 2. The zero-order chi connectivity index (χ0) is 37.7. The van der Waals surface area contributed by atoms with Crippen LogP contribution in [0.15, 0.2) is 80.0 Å². The maximum Gasteiger partial charge on any atom is 0.358 e. The third-order valence-corrected chi connectivity index (χ3v) is 9.09. The van der Waals surface area contributed by atoms with Crippen molar-refractivity contribution in [1.82, 2.24) is 50.2 Å². The molecule has 20 nitrogen and oxygen atoms in total. The minimum atomic E-state index is -1.07. The largest absolute Gasteiger partial charge is 0.476 e.